The van der Waals surface area contributed by atoms with Gasteiger partial charge in [-0.25, -0.2) is 0 Å². The Bertz CT molecular complexity index is 830. The molecule has 0 saturated heterocycles. The van der Waals surface area contributed by atoms with Gasteiger partial charge in [0.05, 0.1) is 0 Å². The van der Waals surface area contributed by atoms with Crippen molar-refractivity contribution in [2.75, 3.05) is 0 Å². The first-order valence-electron chi connectivity index (χ1n) is 6.75. The van der Waals surface area contributed by atoms with Gasteiger partial charge in [-0.15, -0.1) is 0 Å². The Labute approximate surface area is 127 Å². The lowest BCUT2D eigenvalue weighted by Gasteiger charge is -2.15. The van der Waals surface area contributed by atoms with Gasteiger partial charge in [0.15, 0.2) is 17.3 Å². The van der Waals surface area contributed by atoms with Crippen LogP contribution in [0.15, 0.2) is 60.4 Å². The van der Waals surface area contributed by atoms with Crippen LogP contribution in [-0.2, 0) is 0 Å². The maximum Gasteiger partial charge on any atom is 0.229 e. The lowest BCUT2D eigenvalue weighted by atomic mass is 9.94. The highest BCUT2D eigenvalue weighted by atomic mass is 16.5. The number of allylic oxidation sites excluding steroid dienone is 2. The lowest BCUT2D eigenvalue weighted by Crippen LogP contribution is -2.20. The van der Waals surface area contributed by atoms with Crippen molar-refractivity contribution < 1.29 is 19.1 Å². The maximum absolute atomic E-state index is 12.4. The van der Waals surface area contributed by atoms with Gasteiger partial charge in [-0.05, 0) is 19.1 Å². The van der Waals surface area contributed by atoms with Crippen LogP contribution in [0.5, 0.6) is 5.75 Å². The number of Topliss-reactive ketones (excluding diaryl/α,β-unsaturated/α-hetero) is 2. The van der Waals surface area contributed by atoms with Gasteiger partial charge in [0.2, 0.25) is 5.78 Å². The van der Waals surface area contributed by atoms with Gasteiger partial charge >= 0.3 is 0 Å². The molecule has 4 nitrogen and oxygen atoms in total. The van der Waals surface area contributed by atoms with Crippen LogP contribution in [0.4, 0.5) is 0 Å². The second kappa shape index (κ2) is 5.41. The number of ether oxygens (including phenoxy) is 1. The largest absolute Gasteiger partial charge is 0.453 e. The molecular formula is C18H12O4. The van der Waals surface area contributed by atoms with Gasteiger partial charge in [0.25, 0.3) is 0 Å². The summed E-state index contributed by atoms with van der Waals surface area (Å²) in [6, 6.07) is 13.1. The maximum atomic E-state index is 12.4. The molecule has 1 aliphatic carbocycles. The second-order valence-electron chi connectivity index (χ2n) is 4.93. The molecule has 0 heterocycles. The van der Waals surface area contributed by atoms with Gasteiger partial charge in [0, 0.05) is 22.8 Å². The zero-order chi connectivity index (χ0) is 15.7. The molecule has 2 aromatic rings. The molecule has 1 aliphatic rings. The molecule has 4 heteroatoms. The van der Waals surface area contributed by atoms with Crippen molar-refractivity contribution >= 4 is 17.3 Å². The minimum atomic E-state index is -0.344. The van der Waals surface area contributed by atoms with Crippen molar-refractivity contribution in [3.63, 3.8) is 0 Å². The Morgan fingerprint density at radius 3 is 2.41 bits per heavy atom. The standard InChI is InChI=1S/C18H12O4/c1-11(19)12-5-4-6-13(9-12)22-17-10-16(20)14-7-2-3-8-15(14)18(17)21/h2-10H,1H3. The smallest absolute Gasteiger partial charge is 0.229 e. The van der Waals surface area contributed by atoms with E-state index in [0.717, 1.165) is 0 Å². The van der Waals surface area contributed by atoms with Crippen LogP contribution in [0.3, 0.4) is 0 Å². The van der Waals surface area contributed by atoms with Crippen LogP contribution in [0.1, 0.15) is 38.0 Å². The van der Waals surface area contributed by atoms with Crippen LogP contribution in [0.2, 0.25) is 0 Å². The Hall–Kier alpha value is -3.01. The summed E-state index contributed by atoms with van der Waals surface area (Å²) in [6.45, 7) is 1.45. The van der Waals surface area contributed by atoms with Crippen LogP contribution >= 0.6 is 0 Å². The molecule has 0 atom stereocenters. The number of carbonyl (C=O) groups excluding carboxylic acids is 3. The zero-order valence-corrected chi connectivity index (χ0v) is 11.8. The third-order valence-electron chi connectivity index (χ3n) is 3.39. The molecule has 0 bridgehead atoms. The average Bonchev–Trinajstić information content (AvgIpc) is 2.52. The van der Waals surface area contributed by atoms with Gasteiger partial charge in [-0.1, -0.05) is 36.4 Å². The first kappa shape index (κ1) is 13.9. The summed E-state index contributed by atoms with van der Waals surface area (Å²) >= 11 is 0. The quantitative estimate of drug-likeness (QED) is 0.815. The summed E-state index contributed by atoms with van der Waals surface area (Å²) in [4.78, 5) is 35.8. The minimum absolute atomic E-state index is 0.0376. The predicted octanol–water partition coefficient (Wildman–Crippen LogP) is 3.23. The molecule has 0 N–H and O–H groups in total. The summed E-state index contributed by atoms with van der Waals surface area (Å²) in [5.41, 5.74) is 1.18. The molecule has 108 valence electrons. The fourth-order valence-electron chi connectivity index (χ4n) is 2.27. The number of fused-ring (bicyclic) bond motifs is 1. The molecule has 0 saturated carbocycles. The lowest BCUT2D eigenvalue weighted by molar-refractivity contribution is 0.0946. The molecule has 0 radical (unpaired) electrons. The van der Waals surface area contributed by atoms with E-state index in [1.165, 1.54) is 13.0 Å². The molecule has 0 aromatic heterocycles. The molecular weight excluding hydrogens is 280 g/mol. The predicted molar refractivity (Wildman–Crippen MR) is 80.3 cm³/mol. The Kier molecular flexibility index (Phi) is 3.43. The van der Waals surface area contributed by atoms with Gasteiger partial charge in [0.1, 0.15) is 5.75 Å². The number of ketones is 3. The first-order valence-corrected chi connectivity index (χ1v) is 6.75. The van der Waals surface area contributed by atoms with Crippen LogP contribution < -0.4 is 4.74 Å². The highest BCUT2D eigenvalue weighted by Crippen LogP contribution is 2.24. The number of benzene rings is 2. The van der Waals surface area contributed by atoms with Gasteiger partial charge in [-0.3, -0.25) is 14.4 Å². The molecule has 0 spiro atoms. The van der Waals surface area contributed by atoms with Gasteiger partial charge in [-0.2, -0.15) is 0 Å². The fraction of sp³-hybridized carbons (Fsp3) is 0.0556. The van der Waals surface area contributed by atoms with E-state index in [9.17, 15) is 14.4 Å². The first-order chi connectivity index (χ1) is 10.6. The van der Waals surface area contributed by atoms with Crippen molar-refractivity contribution in [3.05, 3.63) is 77.1 Å². The molecule has 0 amide bonds. The molecule has 0 aliphatic heterocycles. The van der Waals surface area contributed by atoms with Crippen LogP contribution in [0, 0.1) is 0 Å². The average molecular weight is 292 g/mol. The van der Waals surface area contributed by atoms with Crippen molar-refractivity contribution in [2.24, 2.45) is 0 Å². The second-order valence-corrected chi connectivity index (χ2v) is 4.93. The molecule has 0 unspecified atom stereocenters. The van der Waals surface area contributed by atoms with E-state index in [1.54, 1.807) is 48.5 Å². The van der Waals surface area contributed by atoms with Crippen LogP contribution in [-0.4, -0.2) is 17.3 Å². The summed E-state index contributed by atoms with van der Waals surface area (Å²) < 4.78 is 5.52. The molecule has 22 heavy (non-hydrogen) atoms. The number of hydrogen-bond donors (Lipinski definition) is 0. The van der Waals surface area contributed by atoms with Crippen molar-refractivity contribution in [1.82, 2.24) is 0 Å². The molecule has 0 fully saturated rings. The topological polar surface area (TPSA) is 60.4 Å². The Morgan fingerprint density at radius 2 is 1.68 bits per heavy atom. The van der Waals surface area contributed by atoms with Crippen LogP contribution in [0.25, 0.3) is 0 Å². The fourth-order valence-corrected chi connectivity index (χ4v) is 2.27. The number of rotatable bonds is 3. The third kappa shape index (κ3) is 2.46. The summed E-state index contributed by atoms with van der Waals surface area (Å²) in [7, 11) is 0. The molecule has 3 rings (SSSR count). The monoisotopic (exact) mass is 292 g/mol. The number of hydrogen-bond acceptors (Lipinski definition) is 4. The van der Waals surface area contributed by atoms with E-state index in [0.29, 0.717) is 22.4 Å². The van der Waals surface area contributed by atoms with Crippen molar-refractivity contribution in [2.45, 2.75) is 6.92 Å². The number of carbonyl (C=O) groups is 3. The molecule has 2 aromatic carbocycles. The van der Waals surface area contributed by atoms with E-state index in [4.69, 9.17) is 4.74 Å². The SMILES string of the molecule is CC(=O)c1cccc(OC2=CC(=O)c3ccccc3C2=O)c1. The summed E-state index contributed by atoms with van der Waals surface area (Å²) in [5.74, 6) is -0.406. The highest BCUT2D eigenvalue weighted by Gasteiger charge is 2.26. The minimum Gasteiger partial charge on any atom is -0.453 e. The van der Waals surface area contributed by atoms with E-state index in [2.05, 4.69) is 0 Å². The Morgan fingerprint density at radius 1 is 0.955 bits per heavy atom. The van der Waals surface area contributed by atoms with E-state index >= 15 is 0 Å². The highest BCUT2D eigenvalue weighted by molar-refractivity contribution is 6.23. The third-order valence-corrected chi connectivity index (χ3v) is 3.39. The van der Waals surface area contributed by atoms with Crippen molar-refractivity contribution in [1.29, 1.82) is 0 Å². The van der Waals surface area contributed by atoms with E-state index in [1.807, 2.05) is 0 Å². The normalized spacial score (nSPS) is 13.4. The van der Waals surface area contributed by atoms with E-state index < -0.39 is 0 Å². The summed E-state index contributed by atoms with van der Waals surface area (Å²) in [5, 5.41) is 0. The Balaban J connectivity index is 1.94. The van der Waals surface area contributed by atoms with Crippen molar-refractivity contribution in [3.8, 4) is 5.75 Å². The van der Waals surface area contributed by atoms with E-state index in [-0.39, 0.29) is 23.1 Å². The zero-order valence-electron chi connectivity index (χ0n) is 11.8. The van der Waals surface area contributed by atoms with Gasteiger partial charge < -0.3 is 4.74 Å². The summed E-state index contributed by atoms with van der Waals surface area (Å²) in [6.07, 6.45) is 1.19.